The molecule has 1 aromatic rings. The molecule has 6 nitrogen and oxygen atoms in total. The van der Waals surface area contributed by atoms with Gasteiger partial charge in [0.25, 0.3) is 0 Å². The minimum atomic E-state index is -1.12. The quantitative estimate of drug-likeness (QED) is 0.658. The highest BCUT2D eigenvalue weighted by Gasteiger charge is 2.63. The molecule has 2 N–H and O–H groups in total. The number of hydrogen-bond acceptors (Lipinski definition) is 4. The summed E-state index contributed by atoms with van der Waals surface area (Å²) < 4.78 is 4.79. The lowest BCUT2D eigenvalue weighted by molar-refractivity contribution is -0.908. The van der Waals surface area contributed by atoms with Gasteiger partial charge in [-0.05, 0) is 26.3 Å². The molecule has 0 radical (unpaired) electrons. The second-order valence-corrected chi connectivity index (χ2v) is 6.94. The summed E-state index contributed by atoms with van der Waals surface area (Å²) in [7, 11) is 0. The van der Waals surface area contributed by atoms with Crippen LogP contribution in [0.15, 0.2) is 30.3 Å². The van der Waals surface area contributed by atoms with Gasteiger partial charge in [0.15, 0.2) is 0 Å². The van der Waals surface area contributed by atoms with Gasteiger partial charge < -0.3 is 14.9 Å². The number of benzene rings is 1. The normalized spacial score (nSPS) is 27.7. The van der Waals surface area contributed by atoms with E-state index in [9.17, 15) is 19.8 Å². The average Bonchev–Trinajstić information content (AvgIpc) is 2.84. The third-order valence-electron chi connectivity index (χ3n) is 4.62. The van der Waals surface area contributed by atoms with Crippen LogP contribution in [-0.4, -0.2) is 51.0 Å². The van der Waals surface area contributed by atoms with Crippen molar-refractivity contribution < 1.29 is 29.0 Å². The molecular formula is C17H24NO5+. The summed E-state index contributed by atoms with van der Waals surface area (Å²) in [5.41, 5.74) is 0.0808. The molecule has 1 unspecified atom stereocenters. The second kappa shape index (κ2) is 6.29. The van der Waals surface area contributed by atoms with Crippen molar-refractivity contribution in [1.29, 1.82) is 0 Å². The zero-order chi connectivity index (χ0) is 17.3. The number of quaternary nitrogens is 1. The van der Waals surface area contributed by atoms with Crippen LogP contribution < -0.4 is 0 Å². The molecule has 1 amide bonds. The van der Waals surface area contributed by atoms with Crippen molar-refractivity contribution in [2.24, 2.45) is 0 Å². The van der Waals surface area contributed by atoms with Gasteiger partial charge in [0.05, 0.1) is 6.54 Å². The van der Waals surface area contributed by atoms with Gasteiger partial charge in [-0.1, -0.05) is 30.3 Å². The highest BCUT2D eigenvalue weighted by molar-refractivity contribution is 5.78. The number of hydrogen-bond donors (Lipinski definition) is 2. The summed E-state index contributed by atoms with van der Waals surface area (Å²) in [4.78, 5) is 24.5. The molecule has 126 valence electrons. The van der Waals surface area contributed by atoms with Crippen molar-refractivity contribution in [2.75, 3.05) is 6.54 Å². The molecule has 0 spiro atoms. The predicted octanol–water partition coefficient (Wildman–Crippen LogP) is 2.16. The van der Waals surface area contributed by atoms with Crippen molar-refractivity contribution in [1.82, 2.24) is 0 Å². The minimum absolute atomic E-state index is 0.0622. The second-order valence-electron chi connectivity index (χ2n) is 6.94. The number of amides is 1. The van der Waals surface area contributed by atoms with Crippen molar-refractivity contribution >= 4 is 12.1 Å². The van der Waals surface area contributed by atoms with E-state index in [1.54, 1.807) is 20.8 Å². The van der Waals surface area contributed by atoms with Gasteiger partial charge in [-0.15, -0.1) is 0 Å². The Balaban J connectivity index is 2.23. The summed E-state index contributed by atoms with van der Waals surface area (Å²) in [6.07, 6.45) is -1.88. The molecule has 1 aliphatic heterocycles. The van der Waals surface area contributed by atoms with Gasteiger partial charge in [0.2, 0.25) is 6.04 Å². The van der Waals surface area contributed by atoms with Gasteiger partial charge >= 0.3 is 12.1 Å². The summed E-state index contributed by atoms with van der Waals surface area (Å²) in [5, 5.41) is 20.0. The lowest BCUT2D eigenvalue weighted by atomic mass is 9.99. The molecule has 1 aliphatic rings. The van der Waals surface area contributed by atoms with Crippen LogP contribution in [0, 0.1) is 0 Å². The fourth-order valence-electron chi connectivity index (χ4n) is 3.33. The molecule has 1 heterocycles. The maximum absolute atomic E-state index is 12.5. The molecule has 3 atom stereocenters. The molecule has 1 fully saturated rings. The van der Waals surface area contributed by atoms with Crippen molar-refractivity contribution in [3.05, 3.63) is 35.9 Å². The number of likely N-dealkylation sites (tertiary alicyclic amines) is 1. The van der Waals surface area contributed by atoms with E-state index in [-0.39, 0.29) is 19.6 Å². The molecule has 2 rings (SSSR count). The van der Waals surface area contributed by atoms with Gasteiger partial charge in [-0.25, -0.2) is 9.28 Å². The first-order valence-corrected chi connectivity index (χ1v) is 7.70. The predicted molar refractivity (Wildman–Crippen MR) is 83.6 cm³/mol. The van der Waals surface area contributed by atoms with Crippen LogP contribution in [0.2, 0.25) is 0 Å². The standard InChI is InChI=1S/C17H23NO5/c1-17(2,3)18(16(21)22)10-9-13(19)14(18)15(20)23-11-12-7-5-4-6-8-12/h4-8,13-14,19H,9-11H2,1-3H3/p+1/t13-,14+,18?/m1/s1. The van der Waals surface area contributed by atoms with Crippen LogP contribution in [0.4, 0.5) is 4.79 Å². The lowest BCUT2D eigenvalue weighted by Gasteiger charge is -2.43. The Labute approximate surface area is 135 Å². The van der Waals surface area contributed by atoms with E-state index in [2.05, 4.69) is 0 Å². The van der Waals surface area contributed by atoms with Crippen LogP contribution in [0.3, 0.4) is 0 Å². The van der Waals surface area contributed by atoms with Crippen LogP contribution in [0.25, 0.3) is 0 Å². The lowest BCUT2D eigenvalue weighted by Crippen LogP contribution is -2.69. The Morgan fingerprint density at radius 3 is 2.39 bits per heavy atom. The maximum Gasteiger partial charge on any atom is 0.514 e. The number of esters is 1. The molecule has 1 aromatic carbocycles. The number of aliphatic hydroxyl groups is 1. The van der Waals surface area contributed by atoms with Crippen LogP contribution >= 0.6 is 0 Å². The van der Waals surface area contributed by atoms with Gasteiger partial charge in [0.1, 0.15) is 18.2 Å². The Kier molecular flexibility index (Phi) is 4.77. The van der Waals surface area contributed by atoms with E-state index in [1.807, 2.05) is 30.3 Å². The number of carbonyl (C=O) groups excluding carboxylic acids is 1. The molecule has 0 bridgehead atoms. The van der Waals surface area contributed by atoms with Crippen LogP contribution in [0.1, 0.15) is 32.8 Å². The molecule has 6 heteroatoms. The molecular weight excluding hydrogens is 298 g/mol. The summed E-state index contributed by atoms with van der Waals surface area (Å²) in [5.74, 6) is -0.670. The van der Waals surface area contributed by atoms with Gasteiger partial charge in [-0.3, -0.25) is 0 Å². The Morgan fingerprint density at radius 1 is 1.26 bits per heavy atom. The fraction of sp³-hybridized carbons (Fsp3) is 0.529. The SMILES string of the molecule is CC(C)(C)[N+]1(C(=O)O)CC[C@@H](O)[C@H]1C(=O)OCc1ccccc1. The zero-order valence-electron chi connectivity index (χ0n) is 13.7. The number of aliphatic hydroxyl groups excluding tert-OH is 1. The maximum atomic E-state index is 12.5. The first-order valence-electron chi connectivity index (χ1n) is 7.70. The molecule has 23 heavy (non-hydrogen) atoms. The number of nitrogens with zero attached hydrogens (tertiary/aromatic N) is 1. The number of carbonyl (C=O) groups is 2. The Bertz CT molecular complexity index is 580. The van der Waals surface area contributed by atoms with E-state index in [0.717, 1.165) is 5.56 Å². The van der Waals surface area contributed by atoms with Crippen LogP contribution in [-0.2, 0) is 16.1 Å². The fourth-order valence-corrected chi connectivity index (χ4v) is 3.33. The average molecular weight is 322 g/mol. The molecule has 0 saturated carbocycles. The van der Waals surface area contributed by atoms with Crippen molar-refractivity contribution in [3.63, 3.8) is 0 Å². The van der Waals surface area contributed by atoms with Crippen LogP contribution in [0.5, 0.6) is 0 Å². The summed E-state index contributed by atoms with van der Waals surface area (Å²) in [6, 6.07) is 8.05. The zero-order valence-corrected chi connectivity index (χ0v) is 13.7. The largest absolute Gasteiger partial charge is 0.514 e. The van der Waals surface area contributed by atoms with E-state index in [1.165, 1.54) is 0 Å². The highest BCUT2D eigenvalue weighted by Crippen LogP contribution is 2.38. The van der Waals surface area contributed by atoms with Gasteiger partial charge in [0, 0.05) is 6.42 Å². The molecule has 0 aliphatic carbocycles. The number of carboxylic acid groups (broad SMARTS) is 1. The summed E-state index contributed by atoms with van der Waals surface area (Å²) >= 11 is 0. The van der Waals surface area contributed by atoms with Crippen molar-refractivity contribution in [3.8, 4) is 0 Å². The monoisotopic (exact) mass is 322 g/mol. The van der Waals surface area contributed by atoms with E-state index >= 15 is 0 Å². The summed E-state index contributed by atoms with van der Waals surface area (Å²) in [6.45, 7) is 5.54. The number of rotatable bonds is 3. The van der Waals surface area contributed by atoms with E-state index < -0.39 is 34.2 Å². The third-order valence-corrected chi connectivity index (χ3v) is 4.62. The smallest absolute Gasteiger partial charge is 0.456 e. The minimum Gasteiger partial charge on any atom is -0.456 e. The van der Waals surface area contributed by atoms with E-state index in [4.69, 9.17) is 4.74 Å². The number of ether oxygens (including phenoxy) is 1. The topological polar surface area (TPSA) is 83.8 Å². The Hall–Kier alpha value is -1.92. The first kappa shape index (κ1) is 17.4. The van der Waals surface area contributed by atoms with Gasteiger partial charge in [-0.2, -0.15) is 4.79 Å². The third kappa shape index (κ3) is 3.09. The van der Waals surface area contributed by atoms with Crippen molar-refractivity contribution in [2.45, 2.75) is 51.5 Å². The highest BCUT2D eigenvalue weighted by atomic mass is 16.5. The molecule has 0 aromatic heterocycles. The first-order chi connectivity index (χ1) is 10.7. The molecule has 1 saturated heterocycles. The Morgan fingerprint density at radius 2 is 1.87 bits per heavy atom. The van der Waals surface area contributed by atoms with E-state index in [0.29, 0.717) is 0 Å².